The molecule has 2 rings (SSSR count). The molecular weight excluding hydrogens is 232 g/mol. The van der Waals surface area contributed by atoms with E-state index in [4.69, 9.17) is 4.74 Å². The van der Waals surface area contributed by atoms with Gasteiger partial charge in [0.1, 0.15) is 11.4 Å². The first-order valence-corrected chi connectivity index (χ1v) is 5.48. The smallest absolute Gasteiger partial charge is 0.182 e. The van der Waals surface area contributed by atoms with Gasteiger partial charge in [0.15, 0.2) is 17.2 Å². The van der Waals surface area contributed by atoms with Crippen LogP contribution in [0.4, 0.5) is 0 Å². The standard InChI is InChI=1S/C13H14N2O3/c1-8-13(17)12(9(2)16)15(14-8)10-4-6-11(18-3)7-5-10/h4-7,17H,1-3H3. The van der Waals surface area contributed by atoms with E-state index in [-0.39, 0.29) is 17.2 Å². The van der Waals surface area contributed by atoms with Crippen molar-refractivity contribution < 1.29 is 14.6 Å². The van der Waals surface area contributed by atoms with E-state index in [9.17, 15) is 9.90 Å². The van der Waals surface area contributed by atoms with Gasteiger partial charge in [-0.1, -0.05) is 0 Å². The van der Waals surface area contributed by atoms with Gasteiger partial charge in [-0.05, 0) is 31.2 Å². The summed E-state index contributed by atoms with van der Waals surface area (Å²) in [7, 11) is 1.58. The first-order chi connectivity index (χ1) is 8.54. The SMILES string of the molecule is COc1ccc(-n2nc(C)c(O)c2C(C)=O)cc1. The number of carbonyl (C=O) groups excluding carboxylic acids is 1. The number of carbonyl (C=O) groups is 1. The normalized spacial score (nSPS) is 10.4. The molecule has 18 heavy (non-hydrogen) atoms. The minimum atomic E-state index is -0.232. The molecule has 0 aliphatic rings. The number of methoxy groups -OCH3 is 1. The Labute approximate surface area is 105 Å². The molecule has 0 saturated heterocycles. The molecule has 1 aromatic carbocycles. The number of hydrogen-bond donors (Lipinski definition) is 1. The summed E-state index contributed by atoms with van der Waals surface area (Å²) < 4.78 is 6.50. The lowest BCUT2D eigenvalue weighted by Gasteiger charge is -2.06. The van der Waals surface area contributed by atoms with E-state index in [0.29, 0.717) is 11.4 Å². The van der Waals surface area contributed by atoms with Crippen LogP contribution in [0.2, 0.25) is 0 Å². The van der Waals surface area contributed by atoms with Crippen molar-refractivity contribution in [2.24, 2.45) is 0 Å². The third-order valence-corrected chi connectivity index (χ3v) is 2.68. The molecule has 0 saturated carbocycles. The van der Waals surface area contributed by atoms with Gasteiger partial charge < -0.3 is 9.84 Å². The zero-order valence-corrected chi connectivity index (χ0v) is 10.5. The molecule has 2 aromatic rings. The Balaban J connectivity index is 2.56. The Kier molecular flexibility index (Phi) is 3.06. The van der Waals surface area contributed by atoms with E-state index < -0.39 is 0 Å². The molecular formula is C13H14N2O3. The Morgan fingerprint density at radius 1 is 1.33 bits per heavy atom. The van der Waals surface area contributed by atoms with E-state index in [0.717, 1.165) is 5.75 Å². The summed E-state index contributed by atoms with van der Waals surface area (Å²) >= 11 is 0. The first kappa shape index (κ1) is 12.2. The molecule has 1 N–H and O–H groups in total. The zero-order valence-electron chi connectivity index (χ0n) is 10.5. The van der Waals surface area contributed by atoms with Crippen molar-refractivity contribution in [3.63, 3.8) is 0 Å². The van der Waals surface area contributed by atoms with Crippen LogP contribution in [0, 0.1) is 6.92 Å². The number of ketones is 1. The van der Waals surface area contributed by atoms with E-state index >= 15 is 0 Å². The van der Waals surface area contributed by atoms with E-state index in [1.807, 2.05) is 0 Å². The number of aromatic nitrogens is 2. The van der Waals surface area contributed by atoms with Crippen LogP contribution in [0.5, 0.6) is 11.5 Å². The molecule has 0 aliphatic heterocycles. The fraction of sp³-hybridized carbons (Fsp3) is 0.231. The van der Waals surface area contributed by atoms with Gasteiger partial charge in [-0.25, -0.2) is 4.68 Å². The minimum absolute atomic E-state index is 0.0710. The molecule has 0 unspecified atom stereocenters. The van der Waals surface area contributed by atoms with Crippen LogP contribution < -0.4 is 4.74 Å². The highest BCUT2D eigenvalue weighted by Crippen LogP contribution is 2.25. The van der Waals surface area contributed by atoms with Gasteiger partial charge in [0.05, 0.1) is 12.8 Å². The predicted octanol–water partition coefficient (Wildman–Crippen LogP) is 2.10. The maximum absolute atomic E-state index is 11.6. The largest absolute Gasteiger partial charge is 0.504 e. The number of benzene rings is 1. The fourth-order valence-electron chi connectivity index (χ4n) is 1.75. The highest BCUT2D eigenvalue weighted by molar-refractivity contribution is 5.95. The van der Waals surface area contributed by atoms with Gasteiger partial charge in [0.25, 0.3) is 0 Å². The second-order valence-corrected chi connectivity index (χ2v) is 3.95. The lowest BCUT2D eigenvalue weighted by Crippen LogP contribution is -2.06. The molecule has 0 radical (unpaired) electrons. The summed E-state index contributed by atoms with van der Waals surface area (Å²) in [5.41, 5.74) is 1.32. The second kappa shape index (κ2) is 4.52. The van der Waals surface area contributed by atoms with Crippen molar-refractivity contribution >= 4 is 5.78 Å². The summed E-state index contributed by atoms with van der Waals surface area (Å²) in [6.07, 6.45) is 0. The quantitative estimate of drug-likeness (QED) is 0.842. The number of rotatable bonds is 3. The molecule has 5 nitrogen and oxygen atoms in total. The van der Waals surface area contributed by atoms with Gasteiger partial charge >= 0.3 is 0 Å². The molecule has 0 bridgehead atoms. The topological polar surface area (TPSA) is 64.3 Å². The van der Waals surface area contributed by atoms with Crippen molar-refractivity contribution in [1.82, 2.24) is 9.78 Å². The Morgan fingerprint density at radius 2 is 1.94 bits per heavy atom. The number of Topliss-reactive ketones (excluding diaryl/α,β-unsaturated/α-hetero) is 1. The monoisotopic (exact) mass is 246 g/mol. The Hall–Kier alpha value is -2.30. The zero-order chi connectivity index (χ0) is 13.3. The summed E-state index contributed by atoms with van der Waals surface area (Å²) in [6.45, 7) is 3.05. The maximum atomic E-state index is 11.6. The summed E-state index contributed by atoms with van der Waals surface area (Å²) in [6, 6.07) is 7.09. The molecule has 0 spiro atoms. The minimum Gasteiger partial charge on any atom is -0.504 e. The maximum Gasteiger partial charge on any atom is 0.182 e. The van der Waals surface area contributed by atoms with Gasteiger partial charge in [-0.15, -0.1) is 0 Å². The molecule has 0 amide bonds. The van der Waals surface area contributed by atoms with Gasteiger partial charge in [-0.2, -0.15) is 5.10 Å². The van der Waals surface area contributed by atoms with Crippen LogP contribution in [-0.4, -0.2) is 27.8 Å². The first-order valence-electron chi connectivity index (χ1n) is 5.48. The molecule has 1 aromatic heterocycles. The number of aromatic hydroxyl groups is 1. The molecule has 94 valence electrons. The van der Waals surface area contributed by atoms with E-state index in [1.54, 1.807) is 38.3 Å². The van der Waals surface area contributed by atoms with Crippen molar-refractivity contribution in [2.75, 3.05) is 7.11 Å². The summed E-state index contributed by atoms with van der Waals surface area (Å²) in [5.74, 6) is 0.415. The third kappa shape index (κ3) is 1.95. The lowest BCUT2D eigenvalue weighted by atomic mass is 10.2. The number of ether oxygens (including phenoxy) is 1. The van der Waals surface area contributed by atoms with Crippen molar-refractivity contribution in [2.45, 2.75) is 13.8 Å². The highest BCUT2D eigenvalue weighted by Gasteiger charge is 2.19. The van der Waals surface area contributed by atoms with Crippen molar-refractivity contribution in [3.05, 3.63) is 35.7 Å². The highest BCUT2D eigenvalue weighted by atomic mass is 16.5. The van der Waals surface area contributed by atoms with Gasteiger partial charge in [0, 0.05) is 6.92 Å². The third-order valence-electron chi connectivity index (χ3n) is 2.68. The fourth-order valence-corrected chi connectivity index (χ4v) is 1.75. The van der Waals surface area contributed by atoms with Crippen LogP contribution in [0.15, 0.2) is 24.3 Å². The molecule has 5 heteroatoms. The van der Waals surface area contributed by atoms with Crippen LogP contribution in [0.25, 0.3) is 5.69 Å². The molecule has 1 heterocycles. The van der Waals surface area contributed by atoms with E-state index in [1.165, 1.54) is 11.6 Å². The van der Waals surface area contributed by atoms with Crippen molar-refractivity contribution in [3.8, 4) is 17.2 Å². The van der Waals surface area contributed by atoms with Crippen LogP contribution >= 0.6 is 0 Å². The summed E-state index contributed by atoms with van der Waals surface area (Å²) in [4.78, 5) is 11.6. The molecule has 0 fully saturated rings. The Morgan fingerprint density at radius 3 is 2.44 bits per heavy atom. The van der Waals surface area contributed by atoms with E-state index in [2.05, 4.69) is 5.10 Å². The Bertz CT molecular complexity index is 585. The van der Waals surface area contributed by atoms with Crippen LogP contribution in [0.3, 0.4) is 0 Å². The lowest BCUT2D eigenvalue weighted by molar-refractivity contribution is 0.100. The number of nitrogens with zero attached hydrogens (tertiary/aromatic N) is 2. The average Bonchev–Trinajstić information content (AvgIpc) is 2.66. The molecule has 0 aliphatic carbocycles. The number of aryl methyl sites for hydroxylation is 1. The van der Waals surface area contributed by atoms with Crippen LogP contribution in [0.1, 0.15) is 23.1 Å². The van der Waals surface area contributed by atoms with Crippen LogP contribution in [-0.2, 0) is 0 Å². The second-order valence-electron chi connectivity index (χ2n) is 3.95. The van der Waals surface area contributed by atoms with Gasteiger partial charge in [-0.3, -0.25) is 4.79 Å². The van der Waals surface area contributed by atoms with Gasteiger partial charge in [0.2, 0.25) is 0 Å². The number of hydrogen-bond acceptors (Lipinski definition) is 4. The average molecular weight is 246 g/mol. The molecule has 0 atom stereocenters. The predicted molar refractivity (Wildman–Crippen MR) is 66.5 cm³/mol. The van der Waals surface area contributed by atoms with Crippen molar-refractivity contribution in [1.29, 1.82) is 0 Å². The summed E-state index contributed by atoms with van der Waals surface area (Å²) in [5, 5.41) is 14.0.